The highest BCUT2D eigenvalue weighted by Gasteiger charge is 2.09. The molecule has 0 heterocycles. The molecule has 0 unspecified atom stereocenters. The largest absolute Gasteiger partial charge is 0.495 e. The minimum Gasteiger partial charge on any atom is -0.495 e. The van der Waals surface area contributed by atoms with Crippen LogP contribution in [-0.4, -0.2) is 7.11 Å². The lowest BCUT2D eigenvalue weighted by molar-refractivity contribution is 0.416. The van der Waals surface area contributed by atoms with E-state index in [0.29, 0.717) is 21.8 Å². The first kappa shape index (κ1) is 15.1. The molecule has 0 fully saturated rings. The maximum atomic E-state index is 13.5. The van der Waals surface area contributed by atoms with Crippen molar-refractivity contribution in [2.45, 2.75) is 13.5 Å². The van der Waals surface area contributed by atoms with Crippen LogP contribution in [0.4, 0.5) is 10.1 Å². The Morgan fingerprint density at radius 3 is 2.80 bits per heavy atom. The zero-order valence-corrected chi connectivity index (χ0v) is 13.5. The lowest BCUT2D eigenvalue weighted by Crippen LogP contribution is -2.03. The molecule has 0 atom stereocenters. The molecule has 5 heteroatoms. The topological polar surface area (TPSA) is 21.3 Å². The van der Waals surface area contributed by atoms with Crippen molar-refractivity contribution >= 4 is 33.2 Å². The average molecular weight is 359 g/mol. The number of methoxy groups -OCH3 is 1. The van der Waals surface area contributed by atoms with Gasteiger partial charge in [-0.3, -0.25) is 0 Å². The lowest BCUT2D eigenvalue weighted by Gasteiger charge is -2.14. The lowest BCUT2D eigenvalue weighted by atomic mass is 10.2. The molecule has 2 aromatic carbocycles. The van der Waals surface area contributed by atoms with E-state index in [1.54, 1.807) is 19.2 Å². The summed E-state index contributed by atoms with van der Waals surface area (Å²) in [4.78, 5) is 0. The Kier molecular flexibility index (Phi) is 4.89. The van der Waals surface area contributed by atoms with Crippen molar-refractivity contribution in [3.63, 3.8) is 0 Å². The van der Waals surface area contributed by atoms with Gasteiger partial charge >= 0.3 is 0 Å². The summed E-state index contributed by atoms with van der Waals surface area (Å²) in [5.74, 6) is 0.386. The fourth-order valence-corrected chi connectivity index (χ4v) is 2.40. The van der Waals surface area contributed by atoms with Crippen molar-refractivity contribution in [1.29, 1.82) is 0 Å². The molecule has 0 aliphatic heterocycles. The smallest absolute Gasteiger partial charge is 0.143 e. The number of anilines is 1. The molecule has 0 saturated heterocycles. The summed E-state index contributed by atoms with van der Waals surface area (Å²) >= 11 is 9.31. The Morgan fingerprint density at radius 2 is 2.10 bits per heavy atom. The zero-order valence-electron chi connectivity index (χ0n) is 11.1. The van der Waals surface area contributed by atoms with E-state index in [0.717, 1.165) is 16.8 Å². The summed E-state index contributed by atoms with van der Waals surface area (Å²) in [5, 5.41) is 3.89. The third-order valence-corrected chi connectivity index (χ3v) is 4.28. The highest BCUT2D eigenvalue weighted by molar-refractivity contribution is 9.10. The van der Waals surface area contributed by atoms with Gasteiger partial charge in [0, 0.05) is 17.6 Å². The van der Waals surface area contributed by atoms with E-state index in [1.165, 1.54) is 6.07 Å². The molecule has 0 saturated carbocycles. The number of rotatable bonds is 4. The number of hydrogen-bond donors (Lipinski definition) is 1. The molecule has 2 aromatic rings. The molecule has 0 bridgehead atoms. The van der Waals surface area contributed by atoms with Crippen molar-refractivity contribution in [2.24, 2.45) is 0 Å². The number of nitrogens with one attached hydrogen (secondary N) is 1. The van der Waals surface area contributed by atoms with Gasteiger partial charge in [-0.05, 0) is 46.1 Å². The van der Waals surface area contributed by atoms with Gasteiger partial charge in [0.15, 0.2) is 0 Å². The Hall–Kier alpha value is -1.26. The van der Waals surface area contributed by atoms with E-state index in [9.17, 15) is 4.39 Å². The molecule has 20 heavy (non-hydrogen) atoms. The van der Waals surface area contributed by atoms with E-state index in [4.69, 9.17) is 16.3 Å². The van der Waals surface area contributed by atoms with Crippen molar-refractivity contribution < 1.29 is 9.13 Å². The van der Waals surface area contributed by atoms with E-state index in [1.807, 2.05) is 19.1 Å². The quantitative estimate of drug-likeness (QED) is 0.814. The van der Waals surface area contributed by atoms with Gasteiger partial charge in [-0.1, -0.05) is 23.7 Å². The van der Waals surface area contributed by atoms with Crippen LogP contribution in [-0.2, 0) is 6.54 Å². The minimum absolute atomic E-state index is 0.274. The summed E-state index contributed by atoms with van der Waals surface area (Å²) in [6, 6.07) is 8.63. The fourth-order valence-electron chi connectivity index (χ4n) is 1.85. The monoisotopic (exact) mass is 357 g/mol. The van der Waals surface area contributed by atoms with Crippen LogP contribution < -0.4 is 10.1 Å². The second-order valence-electron chi connectivity index (χ2n) is 4.37. The van der Waals surface area contributed by atoms with E-state index in [2.05, 4.69) is 21.2 Å². The van der Waals surface area contributed by atoms with Gasteiger partial charge < -0.3 is 10.1 Å². The molecule has 2 rings (SSSR count). The first-order chi connectivity index (χ1) is 9.52. The van der Waals surface area contributed by atoms with Crippen molar-refractivity contribution in [2.75, 3.05) is 12.4 Å². The molecular weight excluding hydrogens is 345 g/mol. The summed E-state index contributed by atoms with van der Waals surface area (Å²) in [7, 11) is 1.59. The number of hydrogen-bond acceptors (Lipinski definition) is 2. The van der Waals surface area contributed by atoms with Crippen LogP contribution in [0.5, 0.6) is 5.75 Å². The standard InChI is InChI=1S/C15H14BrClFNO/c1-9-6-13(14(20-2)7-11(9)17)19-8-10-4-3-5-12(18)15(10)16/h3-7,19H,8H2,1-2H3. The van der Waals surface area contributed by atoms with Crippen molar-refractivity contribution in [1.82, 2.24) is 0 Å². The Bertz CT molecular complexity index is 634. The predicted molar refractivity (Wildman–Crippen MR) is 84.2 cm³/mol. The molecule has 0 spiro atoms. The summed E-state index contributed by atoms with van der Waals surface area (Å²) < 4.78 is 19.2. The van der Waals surface area contributed by atoms with Crippen LogP contribution in [0.2, 0.25) is 5.02 Å². The van der Waals surface area contributed by atoms with E-state index < -0.39 is 0 Å². The Labute approximate surface area is 131 Å². The molecule has 0 amide bonds. The maximum absolute atomic E-state index is 13.5. The normalized spacial score (nSPS) is 10.4. The van der Waals surface area contributed by atoms with Gasteiger partial charge in [-0.25, -0.2) is 4.39 Å². The van der Waals surface area contributed by atoms with Gasteiger partial charge in [0.2, 0.25) is 0 Å². The van der Waals surface area contributed by atoms with Crippen molar-refractivity contribution in [3.05, 3.63) is 56.8 Å². The Morgan fingerprint density at radius 1 is 1.35 bits per heavy atom. The van der Waals surface area contributed by atoms with Crippen LogP contribution in [0, 0.1) is 12.7 Å². The van der Waals surface area contributed by atoms with Crippen molar-refractivity contribution in [3.8, 4) is 5.75 Å². The van der Waals surface area contributed by atoms with Crippen LogP contribution >= 0.6 is 27.5 Å². The maximum Gasteiger partial charge on any atom is 0.143 e. The van der Waals surface area contributed by atoms with Crippen LogP contribution in [0.3, 0.4) is 0 Å². The van der Waals surface area contributed by atoms with Gasteiger partial charge in [-0.2, -0.15) is 0 Å². The van der Waals surface area contributed by atoms with Gasteiger partial charge in [0.1, 0.15) is 11.6 Å². The number of aryl methyl sites for hydroxylation is 1. The summed E-state index contributed by atoms with van der Waals surface area (Å²) in [5.41, 5.74) is 2.61. The molecule has 0 aromatic heterocycles. The molecule has 1 N–H and O–H groups in total. The van der Waals surface area contributed by atoms with Gasteiger partial charge in [0.25, 0.3) is 0 Å². The second kappa shape index (κ2) is 6.46. The number of ether oxygens (including phenoxy) is 1. The molecular formula is C15H14BrClFNO. The van der Waals surface area contributed by atoms with E-state index >= 15 is 0 Å². The van der Waals surface area contributed by atoms with Crippen LogP contribution in [0.1, 0.15) is 11.1 Å². The van der Waals surface area contributed by atoms with E-state index in [-0.39, 0.29) is 5.82 Å². The van der Waals surface area contributed by atoms with Crippen LogP contribution in [0.25, 0.3) is 0 Å². The van der Waals surface area contributed by atoms with Gasteiger partial charge in [-0.15, -0.1) is 0 Å². The highest BCUT2D eigenvalue weighted by atomic mass is 79.9. The summed E-state index contributed by atoms with van der Waals surface area (Å²) in [6.45, 7) is 2.40. The third-order valence-electron chi connectivity index (χ3n) is 2.98. The third kappa shape index (κ3) is 3.25. The molecule has 0 radical (unpaired) electrons. The number of halogens is 3. The summed E-state index contributed by atoms with van der Waals surface area (Å²) in [6.07, 6.45) is 0. The predicted octanol–water partition coefficient (Wildman–Crippen LogP) is 5.17. The highest BCUT2D eigenvalue weighted by Crippen LogP contribution is 2.31. The SMILES string of the molecule is COc1cc(Cl)c(C)cc1NCc1cccc(F)c1Br. The number of benzene rings is 2. The zero-order chi connectivity index (χ0) is 14.7. The first-order valence-electron chi connectivity index (χ1n) is 6.04. The minimum atomic E-state index is -0.274. The Balaban J connectivity index is 2.22. The second-order valence-corrected chi connectivity index (χ2v) is 5.57. The van der Waals surface area contributed by atoms with Gasteiger partial charge in [0.05, 0.1) is 17.3 Å². The average Bonchev–Trinajstić information content (AvgIpc) is 2.43. The molecule has 2 nitrogen and oxygen atoms in total. The molecule has 0 aliphatic carbocycles. The van der Waals surface area contributed by atoms with Crippen LogP contribution in [0.15, 0.2) is 34.8 Å². The molecule has 106 valence electrons. The fraction of sp³-hybridized carbons (Fsp3) is 0.200. The molecule has 0 aliphatic rings. The first-order valence-corrected chi connectivity index (χ1v) is 7.21.